The third kappa shape index (κ3) is 4.19. The summed E-state index contributed by atoms with van der Waals surface area (Å²) < 4.78 is 42.2. The van der Waals surface area contributed by atoms with Gasteiger partial charge in [0.1, 0.15) is 0 Å². The molecule has 1 aromatic rings. The summed E-state index contributed by atoms with van der Waals surface area (Å²) in [6, 6.07) is 4.03. The van der Waals surface area contributed by atoms with Crippen LogP contribution in [0.25, 0.3) is 0 Å². The van der Waals surface area contributed by atoms with Crippen LogP contribution in [0.5, 0.6) is 5.75 Å². The molecule has 0 aliphatic carbocycles. The summed E-state index contributed by atoms with van der Waals surface area (Å²) in [5.74, 6) is -0.773. The molecule has 1 amide bonds. The molecule has 1 aromatic carbocycles. The topological polar surface area (TPSA) is 63.7 Å². The number of aryl methyl sites for hydroxylation is 1. The Morgan fingerprint density at radius 2 is 2.18 bits per heavy atom. The van der Waals surface area contributed by atoms with E-state index < -0.39 is 21.7 Å². The minimum Gasteiger partial charge on any atom is -0.481 e. The van der Waals surface area contributed by atoms with Crippen LogP contribution in [0.15, 0.2) is 18.2 Å². The van der Waals surface area contributed by atoms with Crippen molar-refractivity contribution in [3.8, 4) is 5.75 Å². The van der Waals surface area contributed by atoms with Gasteiger partial charge in [0, 0.05) is 12.6 Å². The number of rotatable bonds is 3. The van der Waals surface area contributed by atoms with Gasteiger partial charge in [-0.1, -0.05) is 6.07 Å². The Bertz CT molecular complexity index is 660. The summed E-state index contributed by atoms with van der Waals surface area (Å²) in [6.07, 6.45) is 0.414. The zero-order valence-corrected chi connectivity index (χ0v) is 13.5. The lowest BCUT2D eigenvalue weighted by molar-refractivity contribution is -0.134. The maximum atomic E-state index is 13.6. The van der Waals surface area contributed by atoms with Gasteiger partial charge in [-0.15, -0.1) is 0 Å². The lowest BCUT2D eigenvalue weighted by Crippen LogP contribution is -2.43. The van der Waals surface area contributed by atoms with Gasteiger partial charge in [-0.2, -0.15) is 0 Å². The van der Waals surface area contributed by atoms with Crippen molar-refractivity contribution < 1.29 is 22.3 Å². The molecule has 1 aliphatic heterocycles. The standard InChI is InChI=1S/C15H20FNO4S/c1-11-4-5-13(16)14(8-11)21-9-15(18)17-6-3-7-22(19,20)10-12(17)2/h4-5,8,12H,3,6-7,9-10H2,1-2H3. The zero-order chi connectivity index (χ0) is 16.3. The Morgan fingerprint density at radius 3 is 2.91 bits per heavy atom. The molecule has 1 saturated heterocycles. The predicted octanol–water partition coefficient (Wildman–Crippen LogP) is 1.55. The number of ether oxygens (including phenoxy) is 1. The number of benzene rings is 1. The highest BCUT2D eigenvalue weighted by Crippen LogP contribution is 2.19. The molecule has 1 aliphatic rings. The van der Waals surface area contributed by atoms with Crippen LogP contribution in [-0.2, 0) is 14.6 Å². The van der Waals surface area contributed by atoms with E-state index in [2.05, 4.69) is 0 Å². The van der Waals surface area contributed by atoms with E-state index in [1.165, 1.54) is 17.0 Å². The monoisotopic (exact) mass is 329 g/mol. The second-order valence-electron chi connectivity index (χ2n) is 5.63. The highest BCUT2D eigenvalue weighted by molar-refractivity contribution is 7.91. The number of sulfone groups is 1. The average Bonchev–Trinajstić information content (AvgIpc) is 2.56. The largest absolute Gasteiger partial charge is 0.481 e. The van der Waals surface area contributed by atoms with Crippen molar-refractivity contribution in [2.24, 2.45) is 0 Å². The normalized spacial score (nSPS) is 21.2. The molecule has 1 fully saturated rings. The molecule has 0 spiro atoms. The van der Waals surface area contributed by atoms with Gasteiger partial charge in [-0.05, 0) is 38.0 Å². The maximum absolute atomic E-state index is 13.6. The lowest BCUT2D eigenvalue weighted by Gasteiger charge is -2.26. The first-order chi connectivity index (χ1) is 10.3. The SMILES string of the molecule is Cc1ccc(F)c(OCC(=O)N2CCCS(=O)(=O)CC2C)c1. The Hall–Kier alpha value is -1.63. The molecule has 122 valence electrons. The second kappa shape index (κ2) is 6.64. The Morgan fingerprint density at radius 1 is 1.45 bits per heavy atom. The van der Waals surface area contributed by atoms with E-state index in [4.69, 9.17) is 4.74 Å². The number of halogens is 1. The lowest BCUT2D eigenvalue weighted by atomic mass is 10.2. The first-order valence-corrected chi connectivity index (χ1v) is 8.99. The fraction of sp³-hybridized carbons (Fsp3) is 0.533. The van der Waals surface area contributed by atoms with Crippen molar-refractivity contribution in [2.45, 2.75) is 26.3 Å². The molecule has 0 aromatic heterocycles. The van der Waals surface area contributed by atoms with Gasteiger partial charge in [0.05, 0.1) is 11.5 Å². The van der Waals surface area contributed by atoms with Crippen molar-refractivity contribution in [3.05, 3.63) is 29.6 Å². The fourth-order valence-electron chi connectivity index (χ4n) is 2.53. The summed E-state index contributed by atoms with van der Waals surface area (Å²) in [5.41, 5.74) is 0.832. The minimum atomic E-state index is -3.11. The number of carbonyl (C=O) groups excluding carboxylic acids is 1. The predicted molar refractivity (Wildman–Crippen MR) is 81.1 cm³/mol. The van der Waals surface area contributed by atoms with Crippen molar-refractivity contribution >= 4 is 15.7 Å². The fourth-order valence-corrected chi connectivity index (χ4v) is 4.18. The Balaban J connectivity index is 2.01. The molecular formula is C15H20FNO4S. The van der Waals surface area contributed by atoms with Gasteiger partial charge < -0.3 is 9.64 Å². The molecule has 2 rings (SSSR count). The van der Waals surface area contributed by atoms with Crippen LogP contribution in [-0.4, -0.2) is 49.9 Å². The summed E-state index contributed by atoms with van der Waals surface area (Å²) in [6.45, 7) is 3.58. The zero-order valence-electron chi connectivity index (χ0n) is 12.7. The van der Waals surface area contributed by atoms with Gasteiger partial charge in [0.15, 0.2) is 28.0 Å². The average molecular weight is 329 g/mol. The van der Waals surface area contributed by atoms with E-state index in [1.54, 1.807) is 19.9 Å². The maximum Gasteiger partial charge on any atom is 0.260 e. The Labute approximate surface area is 130 Å². The third-order valence-electron chi connectivity index (χ3n) is 3.64. The van der Waals surface area contributed by atoms with Crippen molar-refractivity contribution in [2.75, 3.05) is 24.7 Å². The molecule has 5 nitrogen and oxygen atoms in total. The van der Waals surface area contributed by atoms with E-state index in [0.717, 1.165) is 5.56 Å². The van der Waals surface area contributed by atoms with E-state index in [-0.39, 0.29) is 29.8 Å². The smallest absolute Gasteiger partial charge is 0.260 e. The van der Waals surface area contributed by atoms with Gasteiger partial charge in [-0.25, -0.2) is 12.8 Å². The molecule has 1 unspecified atom stereocenters. The van der Waals surface area contributed by atoms with Crippen LogP contribution < -0.4 is 4.74 Å². The van der Waals surface area contributed by atoms with E-state index in [0.29, 0.717) is 13.0 Å². The van der Waals surface area contributed by atoms with Gasteiger partial charge in [0.25, 0.3) is 5.91 Å². The molecular weight excluding hydrogens is 309 g/mol. The van der Waals surface area contributed by atoms with Crippen molar-refractivity contribution in [1.29, 1.82) is 0 Å². The second-order valence-corrected chi connectivity index (χ2v) is 7.86. The molecule has 7 heteroatoms. The van der Waals surface area contributed by atoms with Crippen LogP contribution in [0, 0.1) is 12.7 Å². The molecule has 0 radical (unpaired) electrons. The third-order valence-corrected chi connectivity index (χ3v) is 5.54. The summed E-state index contributed by atoms with van der Waals surface area (Å²) in [7, 11) is -3.11. The molecule has 0 saturated carbocycles. The molecule has 1 atom stereocenters. The molecule has 0 N–H and O–H groups in total. The van der Waals surface area contributed by atoms with Crippen LogP contribution in [0.1, 0.15) is 18.9 Å². The van der Waals surface area contributed by atoms with Gasteiger partial charge >= 0.3 is 0 Å². The van der Waals surface area contributed by atoms with E-state index in [1.807, 2.05) is 0 Å². The minimum absolute atomic E-state index is 0.0310. The van der Waals surface area contributed by atoms with Gasteiger partial charge in [-0.3, -0.25) is 4.79 Å². The van der Waals surface area contributed by atoms with Crippen molar-refractivity contribution in [3.63, 3.8) is 0 Å². The van der Waals surface area contributed by atoms with E-state index in [9.17, 15) is 17.6 Å². The molecule has 0 bridgehead atoms. The number of amides is 1. The summed E-state index contributed by atoms with van der Waals surface area (Å²) in [4.78, 5) is 13.7. The summed E-state index contributed by atoms with van der Waals surface area (Å²) in [5, 5.41) is 0. The highest BCUT2D eigenvalue weighted by atomic mass is 32.2. The number of hydrogen-bond acceptors (Lipinski definition) is 4. The molecule has 1 heterocycles. The number of nitrogens with zero attached hydrogens (tertiary/aromatic N) is 1. The highest BCUT2D eigenvalue weighted by Gasteiger charge is 2.28. The first kappa shape index (κ1) is 16.7. The van der Waals surface area contributed by atoms with Crippen LogP contribution >= 0.6 is 0 Å². The van der Waals surface area contributed by atoms with E-state index >= 15 is 0 Å². The summed E-state index contributed by atoms with van der Waals surface area (Å²) >= 11 is 0. The number of carbonyl (C=O) groups is 1. The van der Waals surface area contributed by atoms with Crippen LogP contribution in [0.4, 0.5) is 4.39 Å². The quantitative estimate of drug-likeness (QED) is 0.844. The Kier molecular flexibility index (Phi) is 5.05. The number of hydrogen-bond donors (Lipinski definition) is 0. The van der Waals surface area contributed by atoms with Gasteiger partial charge in [0.2, 0.25) is 0 Å². The van der Waals surface area contributed by atoms with Crippen molar-refractivity contribution in [1.82, 2.24) is 4.90 Å². The van der Waals surface area contributed by atoms with Crippen LogP contribution in [0.3, 0.4) is 0 Å². The molecule has 22 heavy (non-hydrogen) atoms. The van der Waals surface area contributed by atoms with Crippen LogP contribution in [0.2, 0.25) is 0 Å². The first-order valence-electron chi connectivity index (χ1n) is 7.17.